The predicted molar refractivity (Wildman–Crippen MR) is 111 cm³/mol. The number of nitrogens with zero attached hydrogens (tertiary/aromatic N) is 2. The van der Waals surface area contributed by atoms with Crippen molar-refractivity contribution in [2.75, 3.05) is 0 Å². The Morgan fingerprint density at radius 2 is 1.96 bits per heavy atom. The van der Waals surface area contributed by atoms with Gasteiger partial charge in [0.1, 0.15) is 12.4 Å². The molecular formula is C23H23N3O2. The number of aromatic nitrogens is 1. The monoisotopic (exact) mass is 373 g/mol. The van der Waals surface area contributed by atoms with Gasteiger partial charge in [-0.25, -0.2) is 5.43 Å². The van der Waals surface area contributed by atoms with E-state index in [1.54, 1.807) is 30.7 Å². The lowest BCUT2D eigenvalue weighted by Gasteiger charge is -2.09. The lowest BCUT2D eigenvalue weighted by molar-refractivity contribution is 0.0955. The van der Waals surface area contributed by atoms with Gasteiger partial charge in [-0.2, -0.15) is 5.10 Å². The van der Waals surface area contributed by atoms with E-state index in [0.29, 0.717) is 18.1 Å². The Hall–Kier alpha value is -3.47. The molecule has 0 saturated carbocycles. The van der Waals surface area contributed by atoms with E-state index in [9.17, 15) is 4.79 Å². The third-order valence-corrected chi connectivity index (χ3v) is 4.21. The zero-order chi connectivity index (χ0) is 19.8. The fraction of sp³-hybridized carbons (Fsp3) is 0.174. The van der Waals surface area contributed by atoms with Gasteiger partial charge in [0, 0.05) is 23.5 Å². The van der Waals surface area contributed by atoms with Crippen molar-refractivity contribution in [3.05, 3.63) is 95.3 Å². The summed E-state index contributed by atoms with van der Waals surface area (Å²) in [6, 6.07) is 19.1. The maximum Gasteiger partial charge on any atom is 0.271 e. The Labute approximate surface area is 165 Å². The largest absolute Gasteiger partial charge is 0.489 e. The Bertz CT molecular complexity index is 936. The molecule has 0 aliphatic rings. The Morgan fingerprint density at radius 1 is 1.14 bits per heavy atom. The molecule has 0 saturated heterocycles. The molecule has 0 spiro atoms. The van der Waals surface area contributed by atoms with Gasteiger partial charge >= 0.3 is 0 Å². The molecule has 1 heterocycles. The summed E-state index contributed by atoms with van der Waals surface area (Å²) in [7, 11) is 0. The van der Waals surface area contributed by atoms with Crippen molar-refractivity contribution < 1.29 is 9.53 Å². The molecule has 5 nitrogen and oxygen atoms in total. The number of ether oxygens (including phenoxy) is 1. The van der Waals surface area contributed by atoms with Crippen LogP contribution in [0.15, 0.2) is 78.2 Å². The number of hydrogen-bond donors (Lipinski definition) is 1. The van der Waals surface area contributed by atoms with E-state index in [-0.39, 0.29) is 5.91 Å². The van der Waals surface area contributed by atoms with E-state index in [1.807, 2.05) is 36.4 Å². The van der Waals surface area contributed by atoms with Gasteiger partial charge in [0.2, 0.25) is 0 Å². The summed E-state index contributed by atoms with van der Waals surface area (Å²) in [5.41, 5.74) is 6.06. The highest BCUT2D eigenvalue weighted by atomic mass is 16.5. The molecule has 0 unspecified atom stereocenters. The molecule has 142 valence electrons. The van der Waals surface area contributed by atoms with Crippen molar-refractivity contribution in [1.29, 1.82) is 0 Å². The SMILES string of the molecule is CC(C)c1ccc(OCc2cccc(C(=O)NN=Cc3cccnc3)c2)cc1. The molecule has 28 heavy (non-hydrogen) atoms. The normalized spacial score (nSPS) is 11.0. The summed E-state index contributed by atoms with van der Waals surface area (Å²) >= 11 is 0. The standard InChI is InChI=1S/C23H23N3O2/c1-17(2)20-8-10-22(11-9-20)28-16-18-5-3-7-21(13-18)23(27)26-25-15-19-6-4-12-24-14-19/h3-15,17H,16H2,1-2H3,(H,26,27). The van der Waals surface area contributed by atoms with Crippen molar-refractivity contribution in [3.8, 4) is 5.75 Å². The fourth-order valence-electron chi connectivity index (χ4n) is 2.60. The first-order valence-electron chi connectivity index (χ1n) is 9.17. The van der Waals surface area contributed by atoms with Crippen LogP contribution in [-0.4, -0.2) is 17.1 Å². The second-order valence-corrected chi connectivity index (χ2v) is 6.70. The molecule has 3 aromatic rings. The van der Waals surface area contributed by atoms with Crippen LogP contribution in [0.2, 0.25) is 0 Å². The molecule has 0 aliphatic carbocycles. The zero-order valence-corrected chi connectivity index (χ0v) is 16.0. The number of benzene rings is 2. The highest BCUT2D eigenvalue weighted by Crippen LogP contribution is 2.19. The maximum atomic E-state index is 12.3. The van der Waals surface area contributed by atoms with Crippen molar-refractivity contribution >= 4 is 12.1 Å². The van der Waals surface area contributed by atoms with Crippen molar-refractivity contribution in [1.82, 2.24) is 10.4 Å². The number of hydrogen-bond acceptors (Lipinski definition) is 4. The second-order valence-electron chi connectivity index (χ2n) is 6.70. The van der Waals surface area contributed by atoms with E-state index in [4.69, 9.17) is 4.74 Å². The van der Waals surface area contributed by atoms with Gasteiger partial charge in [-0.15, -0.1) is 0 Å². The highest BCUT2D eigenvalue weighted by molar-refractivity contribution is 5.95. The molecule has 0 radical (unpaired) electrons. The van der Waals surface area contributed by atoms with Gasteiger partial charge in [0.05, 0.1) is 6.21 Å². The van der Waals surface area contributed by atoms with Crippen molar-refractivity contribution in [2.45, 2.75) is 26.4 Å². The van der Waals surface area contributed by atoms with E-state index in [0.717, 1.165) is 16.9 Å². The zero-order valence-electron chi connectivity index (χ0n) is 16.0. The van der Waals surface area contributed by atoms with Crippen molar-refractivity contribution in [3.63, 3.8) is 0 Å². The first-order chi connectivity index (χ1) is 13.6. The Balaban J connectivity index is 1.57. The van der Waals surface area contributed by atoms with Crippen molar-refractivity contribution in [2.24, 2.45) is 5.10 Å². The highest BCUT2D eigenvalue weighted by Gasteiger charge is 2.06. The van der Waals surface area contributed by atoms with Crippen LogP contribution in [0.3, 0.4) is 0 Å². The number of amides is 1. The summed E-state index contributed by atoms with van der Waals surface area (Å²) in [5, 5.41) is 3.97. The van der Waals surface area contributed by atoms with Crippen LogP contribution in [0, 0.1) is 0 Å². The topological polar surface area (TPSA) is 63.6 Å². The summed E-state index contributed by atoms with van der Waals surface area (Å²) in [6.45, 7) is 4.71. The van der Waals surface area contributed by atoms with Crippen LogP contribution < -0.4 is 10.2 Å². The molecular weight excluding hydrogens is 350 g/mol. The molecule has 5 heteroatoms. The lowest BCUT2D eigenvalue weighted by atomic mass is 10.0. The van der Waals surface area contributed by atoms with E-state index in [1.165, 1.54) is 5.56 Å². The minimum Gasteiger partial charge on any atom is -0.489 e. The summed E-state index contributed by atoms with van der Waals surface area (Å²) in [4.78, 5) is 16.3. The third-order valence-electron chi connectivity index (χ3n) is 4.21. The number of rotatable bonds is 7. The molecule has 0 aliphatic heterocycles. The molecule has 2 aromatic carbocycles. The number of carbonyl (C=O) groups excluding carboxylic acids is 1. The molecule has 1 amide bonds. The van der Waals surface area contributed by atoms with Gasteiger partial charge in [-0.3, -0.25) is 9.78 Å². The summed E-state index contributed by atoms with van der Waals surface area (Å²) in [5.74, 6) is 1.02. The Morgan fingerprint density at radius 3 is 2.68 bits per heavy atom. The van der Waals surface area contributed by atoms with Gasteiger partial charge in [-0.1, -0.05) is 44.2 Å². The van der Waals surface area contributed by atoms with Gasteiger partial charge < -0.3 is 4.74 Å². The second kappa shape index (κ2) is 9.46. The molecule has 3 rings (SSSR count). The minimum atomic E-state index is -0.275. The minimum absolute atomic E-state index is 0.275. The summed E-state index contributed by atoms with van der Waals surface area (Å²) in [6.07, 6.45) is 4.90. The predicted octanol–water partition coefficient (Wildman–Crippen LogP) is 4.55. The van der Waals surface area contributed by atoms with Gasteiger partial charge in [-0.05, 0) is 47.4 Å². The summed E-state index contributed by atoms with van der Waals surface area (Å²) < 4.78 is 5.83. The fourth-order valence-corrected chi connectivity index (χ4v) is 2.60. The lowest BCUT2D eigenvalue weighted by Crippen LogP contribution is -2.17. The maximum absolute atomic E-state index is 12.3. The average molecular weight is 373 g/mol. The number of nitrogens with one attached hydrogen (secondary N) is 1. The van der Waals surface area contributed by atoms with Crippen LogP contribution in [0.4, 0.5) is 0 Å². The smallest absolute Gasteiger partial charge is 0.271 e. The molecule has 1 N–H and O–H groups in total. The molecule has 1 aromatic heterocycles. The first kappa shape index (κ1) is 19.3. The van der Waals surface area contributed by atoms with Crippen LogP contribution in [0.5, 0.6) is 5.75 Å². The Kier molecular flexibility index (Phi) is 6.52. The first-order valence-corrected chi connectivity index (χ1v) is 9.17. The number of hydrazone groups is 1. The molecule has 0 atom stereocenters. The molecule has 0 bridgehead atoms. The van der Waals surface area contributed by atoms with Crippen LogP contribution in [-0.2, 0) is 6.61 Å². The van der Waals surface area contributed by atoms with E-state index in [2.05, 4.69) is 41.5 Å². The van der Waals surface area contributed by atoms with Gasteiger partial charge in [0.25, 0.3) is 5.91 Å². The third kappa shape index (κ3) is 5.51. The average Bonchev–Trinajstić information content (AvgIpc) is 2.73. The molecule has 0 fully saturated rings. The number of pyridine rings is 1. The quantitative estimate of drug-likeness (QED) is 0.488. The van der Waals surface area contributed by atoms with Crippen LogP contribution in [0.1, 0.15) is 46.8 Å². The van der Waals surface area contributed by atoms with Gasteiger partial charge in [0.15, 0.2) is 0 Å². The van der Waals surface area contributed by atoms with Crippen LogP contribution in [0.25, 0.3) is 0 Å². The van der Waals surface area contributed by atoms with E-state index < -0.39 is 0 Å². The number of carbonyl (C=O) groups is 1. The van der Waals surface area contributed by atoms with E-state index >= 15 is 0 Å². The van der Waals surface area contributed by atoms with Crippen LogP contribution >= 0.6 is 0 Å².